The number of benzene rings is 9. The summed E-state index contributed by atoms with van der Waals surface area (Å²) in [5.41, 5.74) is 11.1. The van der Waals surface area contributed by atoms with Crippen molar-refractivity contribution in [2.24, 2.45) is 0 Å². The molecule has 2 heteroatoms. The van der Waals surface area contributed by atoms with Crippen LogP contribution in [0.1, 0.15) is 0 Å². The van der Waals surface area contributed by atoms with Crippen LogP contribution in [-0.4, -0.2) is 0 Å². The van der Waals surface area contributed by atoms with Gasteiger partial charge in [0.05, 0.1) is 11.1 Å². The molecule has 2 nitrogen and oxygen atoms in total. The maximum absolute atomic E-state index is 6.30. The first-order valence-electron chi connectivity index (χ1n) is 17.1. The SMILES string of the molecule is c1ccc(-c2ccc3oc4ccccc4c3c2Nc2ccc(-c3c4ccccc4c(-c4ccc5ccccc5c4)c4ccccc34)cc2)cc1. The number of furan rings is 1. The molecule has 50 heavy (non-hydrogen) atoms. The van der Waals surface area contributed by atoms with Gasteiger partial charge in [-0.25, -0.2) is 0 Å². The normalized spacial score (nSPS) is 11.6. The van der Waals surface area contributed by atoms with Crippen molar-refractivity contribution >= 4 is 65.6 Å². The molecule has 234 valence electrons. The van der Waals surface area contributed by atoms with Crippen LogP contribution >= 0.6 is 0 Å². The number of fused-ring (bicyclic) bond motifs is 6. The van der Waals surface area contributed by atoms with Gasteiger partial charge in [-0.05, 0) is 96.5 Å². The molecule has 0 radical (unpaired) electrons. The van der Waals surface area contributed by atoms with Gasteiger partial charge < -0.3 is 9.73 Å². The van der Waals surface area contributed by atoms with E-state index in [-0.39, 0.29) is 0 Å². The first-order chi connectivity index (χ1) is 24.8. The van der Waals surface area contributed by atoms with Gasteiger partial charge in [-0.1, -0.05) is 146 Å². The zero-order valence-corrected chi connectivity index (χ0v) is 27.2. The Bertz CT molecular complexity index is 2830. The molecule has 0 aliphatic heterocycles. The van der Waals surface area contributed by atoms with E-state index in [0.29, 0.717) is 0 Å². The van der Waals surface area contributed by atoms with E-state index in [2.05, 4.69) is 175 Å². The molecule has 0 fully saturated rings. The summed E-state index contributed by atoms with van der Waals surface area (Å²) in [6.07, 6.45) is 0. The lowest BCUT2D eigenvalue weighted by atomic mass is 9.85. The van der Waals surface area contributed by atoms with Crippen molar-refractivity contribution in [2.75, 3.05) is 5.32 Å². The van der Waals surface area contributed by atoms with Crippen molar-refractivity contribution in [3.63, 3.8) is 0 Å². The number of hydrogen-bond acceptors (Lipinski definition) is 2. The third-order valence-electron chi connectivity index (χ3n) is 10.0. The second-order valence-electron chi connectivity index (χ2n) is 12.9. The van der Waals surface area contributed by atoms with Crippen molar-refractivity contribution in [1.29, 1.82) is 0 Å². The smallest absolute Gasteiger partial charge is 0.137 e. The summed E-state index contributed by atoms with van der Waals surface area (Å²) in [5.74, 6) is 0. The molecule has 1 N–H and O–H groups in total. The van der Waals surface area contributed by atoms with Gasteiger partial charge in [-0.3, -0.25) is 0 Å². The minimum Gasteiger partial charge on any atom is -0.456 e. The average molecular weight is 638 g/mol. The van der Waals surface area contributed by atoms with Gasteiger partial charge in [0.2, 0.25) is 0 Å². The number of para-hydroxylation sites is 1. The molecule has 0 spiro atoms. The van der Waals surface area contributed by atoms with Crippen LogP contribution in [0.15, 0.2) is 186 Å². The molecule has 9 aromatic carbocycles. The minimum atomic E-state index is 0.870. The Morgan fingerprint density at radius 1 is 0.360 bits per heavy atom. The van der Waals surface area contributed by atoms with Gasteiger partial charge >= 0.3 is 0 Å². The monoisotopic (exact) mass is 637 g/mol. The van der Waals surface area contributed by atoms with Crippen molar-refractivity contribution in [2.45, 2.75) is 0 Å². The van der Waals surface area contributed by atoms with Crippen LogP contribution in [0.5, 0.6) is 0 Å². The summed E-state index contributed by atoms with van der Waals surface area (Å²) in [7, 11) is 0. The highest BCUT2D eigenvalue weighted by Gasteiger charge is 2.19. The molecule has 1 aromatic heterocycles. The predicted molar refractivity (Wildman–Crippen MR) is 212 cm³/mol. The highest BCUT2D eigenvalue weighted by molar-refractivity contribution is 6.22. The molecule has 10 rings (SSSR count). The predicted octanol–water partition coefficient (Wildman–Crippen LogP) is 13.8. The van der Waals surface area contributed by atoms with Gasteiger partial charge in [0.15, 0.2) is 0 Å². The van der Waals surface area contributed by atoms with Crippen LogP contribution < -0.4 is 5.32 Å². The van der Waals surface area contributed by atoms with E-state index in [4.69, 9.17) is 4.42 Å². The van der Waals surface area contributed by atoms with Gasteiger partial charge in [0.1, 0.15) is 11.2 Å². The van der Waals surface area contributed by atoms with Gasteiger partial charge in [-0.2, -0.15) is 0 Å². The third-order valence-corrected chi connectivity index (χ3v) is 10.0. The van der Waals surface area contributed by atoms with Crippen molar-refractivity contribution < 1.29 is 4.42 Å². The van der Waals surface area contributed by atoms with Gasteiger partial charge in [0.25, 0.3) is 0 Å². The van der Waals surface area contributed by atoms with Crippen molar-refractivity contribution in [3.05, 3.63) is 182 Å². The van der Waals surface area contributed by atoms with Crippen LogP contribution in [0, 0.1) is 0 Å². The van der Waals surface area contributed by atoms with Crippen LogP contribution in [0.25, 0.3) is 87.6 Å². The fraction of sp³-hybridized carbons (Fsp3) is 0. The Morgan fingerprint density at radius 3 is 1.62 bits per heavy atom. The number of anilines is 2. The van der Waals surface area contributed by atoms with E-state index in [1.165, 1.54) is 54.6 Å². The molecule has 0 amide bonds. The lowest BCUT2D eigenvalue weighted by Gasteiger charge is -2.18. The standard InChI is InChI=1S/C48H31NO/c1-2-13-32(14-3-1)37-28-29-44-47(42-20-10-11-21-43(42)50-44)48(37)49-36-26-24-33(25-27-36)45-38-16-6-8-18-40(38)46(41-19-9-7-17-39(41)45)35-23-22-31-12-4-5-15-34(31)30-35/h1-30,49H. The Labute approximate surface area is 289 Å². The van der Waals surface area contributed by atoms with Gasteiger partial charge in [-0.15, -0.1) is 0 Å². The summed E-state index contributed by atoms with van der Waals surface area (Å²) in [5, 5.41) is 13.5. The maximum Gasteiger partial charge on any atom is 0.137 e. The van der Waals surface area contributed by atoms with E-state index < -0.39 is 0 Å². The van der Waals surface area contributed by atoms with Crippen LogP contribution in [0.4, 0.5) is 11.4 Å². The zero-order valence-electron chi connectivity index (χ0n) is 27.2. The largest absolute Gasteiger partial charge is 0.456 e. The fourth-order valence-electron chi connectivity index (χ4n) is 7.76. The first kappa shape index (κ1) is 28.4. The molecule has 0 unspecified atom stereocenters. The Balaban J connectivity index is 1.13. The molecule has 0 saturated heterocycles. The molecule has 1 heterocycles. The fourth-order valence-corrected chi connectivity index (χ4v) is 7.76. The molecule has 0 bridgehead atoms. The van der Waals surface area contributed by atoms with E-state index in [1.54, 1.807) is 0 Å². The molecule has 10 aromatic rings. The van der Waals surface area contributed by atoms with Crippen molar-refractivity contribution in [3.8, 4) is 33.4 Å². The molecule has 0 atom stereocenters. The first-order valence-corrected chi connectivity index (χ1v) is 17.1. The highest BCUT2D eigenvalue weighted by Crippen LogP contribution is 2.45. The summed E-state index contributed by atoms with van der Waals surface area (Å²) >= 11 is 0. The van der Waals surface area contributed by atoms with Crippen LogP contribution in [-0.2, 0) is 0 Å². The number of hydrogen-bond donors (Lipinski definition) is 1. The molecule has 0 saturated carbocycles. The number of nitrogens with one attached hydrogen (secondary N) is 1. The molecule has 0 aliphatic carbocycles. The second kappa shape index (κ2) is 11.5. The molecular weight excluding hydrogens is 607 g/mol. The summed E-state index contributed by atoms with van der Waals surface area (Å²) in [4.78, 5) is 0. The number of rotatable bonds is 5. The van der Waals surface area contributed by atoms with Crippen LogP contribution in [0.3, 0.4) is 0 Å². The van der Waals surface area contributed by atoms with E-state index in [1.807, 2.05) is 12.1 Å². The summed E-state index contributed by atoms with van der Waals surface area (Å²) in [6.45, 7) is 0. The average Bonchev–Trinajstić information content (AvgIpc) is 3.57. The van der Waals surface area contributed by atoms with E-state index in [0.717, 1.165) is 44.4 Å². The van der Waals surface area contributed by atoms with Gasteiger partial charge in [0, 0.05) is 16.6 Å². The quantitative estimate of drug-likeness (QED) is 0.190. The van der Waals surface area contributed by atoms with Crippen LogP contribution in [0.2, 0.25) is 0 Å². The molecule has 0 aliphatic rings. The summed E-state index contributed by atoms with van der Waals surface area (Å²) < 4.78 is 6.30. The Hall–Kier alpha value is -6.64. The van der Waals surface area contributed by atoms with Crippen molar-refractivity contribution in [1.82, 2.24) is 0 Å². The van der Waals surface area contributed by atoms with E-state index in [9.17, 15) is 0 Å². The topological polar surface area (TPSA) is 25.2 Å². The molecular formula is C48H31NO. The zero-order chi connectivity index (χ0) is 33.0. The second-order valence-corrected chi connectivity index (χ2v) is 12.9. The van der Waals surface area contributed by atoms with E-state index >= 15 is 0 Å². The highest BCUT2D eigenvalue weighted by atomic mass is 16.3. The lowest BCUT2D eigenvalue weighted by molar-refractivity contribution is 0.669. The Morgan fingerprint density at radius 2 is 0.920 bits per heavy atom. The maximum atomic E-state index is 6.30. The lowest BCUT2D eigenvalue weighted by Crippen LogP contribution is -1.95. The Kier molecular flexibility index (Phi) is 6.53. The minimum absolute atomic E-state index is 0.870. The third kappa shape index (κ3) is 4.57. The summed E-state index contributed by atoms with van der Waals surface area (Å²) in [6, 6.07) is 65.1.